The second-order valence-electron chi connectivity index (χ2n) is 7.55. The van der Waals surface area contributed by atoms with Gasteiger partial charge in [0.25, 0.3) is 15.9 Å². The Kier molecular flexibility index (Phi) is 6.33. The summed E-state index contributed by atoms with van der Waals surface area (Å²) >= 11 is 0. The molecule has 0 radical (unpaired) electrons. The normalized spacial score (nSPS) is 11.3. The van der Waals surface area contributed by atoms with Crippen LogP contribution >= 0.6 is 0 Å². The van der Waals surface area contributed by atoms with Gasteiger partial charge in [-0.3, -0.25) is 14.8 Å². The number of fused-ring (bicyclic) bond motifs is 1. The Balaban J connectivity index is 1.61. The molecule has 4 rings (SSSR count). The van der Waals surface area contributed by atoms with Gasteiger partial charge in [-0.05, 0) is 55.0 Å². The quantitative estimate of drug-likeness (QED) is 0.348. The zero-order valence-corrected chi connectivity index (χ0v) is 19.0. The van der Waals surface area contributed by atoms with Crippen LogP contribution in [0.15, 0.2) is 77.7 Å². The van der Waals surface area contributed by atoms with Gasteiger partial charge in [-0.2, -0.15) is 0 Å². The van der Waals surface area contributed by atoms with Crippen molar-refractivity contribution in [2.24, 2.45) is 0 Å². The molecule has 174 valence electrons. The monoisotopic (exact) mass is 478 g/mol. The lowest BCUT2D eigenvalue weighted by molar-refractivity contribution is 0.0696. The molecule has 0 atom stereocenters. The van der Waals surface area contributed by atoms with Gasteiger partial charge in [0.1, 0.15) is 0 Å². The fourth-order valence-corrected chi connectivity index (χ4v) is 4.59. The van der Waals surface area contributed by atoms with Gasteiger partial charge >= 0.3 is 5.97 Å². The number of hydrogen-bond donors (Lipinski definition) is 3. The van der Waals surface area contributed by atoms with Crippen LogP contribution in [0, 0.1) is 0 Å². The first-order valence-electron chi connectivity index (χ1n) is 10.5. The van der Waals surface area contributed by atoms with E-state index in [1.54, 1.807) is 47.0 Å². The molecule has 3 aromatic carbocycles. The van der Waals surface area contributed by atoms with E-state index >= 15 is 0 Å². The average Bonchev–Trinajstić information content (AvgIpc) is 3.16. The number of imidazole rings is 1. The summed E-state index contributed by atoms with van der Waals surface area (Å²) in [6.07, 6.45) is 0.770. The zero-order chi connectivity index (χ0) is 24.3. The number of aryl methyl sites for hydroxylation is 1. The minimum Gasteiger partial charge on any atom is -0.478 e. The Morgan fingerprint density at radius 2 is 1.74 bits per heavy atom. The highest BCUT2D eigenvalue weighted by Crippen LogP contribution is 2.23. The fraction of sp³-hybridized carbons (Fsp3) is 0.125. The summed E-state index contributed by atoms with van der Waals surface area (Å²) in [6, 6.07) is 18.7. The summed E-state index contributed by atoms with van der Waals surface area (Å²) < 4.78 is 29.5. The second-order valence-corrected chi connectivity index (χ2v) is 9.23. The predicted molar refractivity (Wildman–Crippen MR) is 129 cm³/mol. The Morgan fingerprint density at radius 1 is 0.971 bits per heavy atom. The summed E-state index contributed by atoms with van der Waals surface area (Å²) in [4.78, 5) is 28.8. The summed E-state index contributed by atoms with van der Waals surface area (Å²) in [6.45, 7) is 2.54. The smallest absolute Gasteiger partial charge is 0.335 e. The standard InChI is InChI=1S/C24H22N4O5S/c1-2-13-28-21-12-11-17(23(30)31)15-20(21)25-24(28)26-22(29)16-7-6-8-18(14-16)27-34(32,33)19-9-4-3-5-10-19/h3-12,14-15,27H,2,13H2,1H3,(H,30,31)(H,25,26,29). The van der Waals surface area contributed by atoms with Gasteiger partial charge in [0.2, 0.25) is 5.95 Å². The van der Waals surface area contributed by atoms with Crippen LogP contribution in [-0.4, -0.2) is 35.0 Å². The molecule has 0 spiro atoms. The molecule has 0 aliphatic carbocycles. The van der Waals surface area contributed by atoms with Crippen LogP contribution in [0.5, 0.6) is 0 Å². The minimum absolute atomic E-state index is 0.102. The second kappa shape index (κ2) is 9.36. The summed E-state index contributed by atoms with van der Waals surface area (Å²) in [5, 5.41) is 12.0. The lowest BCUT2D eigenvalue weighted by Gasteiger charge is -2.11. The molecular formula is C24H22N4O5S. The van der Waals surface area contributed by atoms with Crippen LogP contribution in [-0.2, 0) is 16.6 Å². The van der Waals surface area contributed by atoms with E-state index in [9.17, 15) is 23.1 Å². The molecule has 1 aromatic heterocycles. The first-order valence-corrected chi connectivity index (χ1v) is 12.0. The molecule has 0 fully saturated rings. The van der Waals surface area contributed by atoms with Gasteiger partial charge in [0, 0.05) is 17.8 Å². The first-order chi connectivity index (χ1) is 16.3. The topological polar surface area (TPSA) is 130 Å². The number of carbonyl (C=O) groups excluding carboxylic acids is 1. The number of nitrogens with one attached hydrogen (secondary N) is 2. The molecule has 1 amide bonds. The lowest BCUT2D eigenvalue weighted by atomic mass is 10.2. The zero-order valence-electron chi connectivity index (χ0n) is 18.2. The summed E-state index contributed by atoms with van der Waals surface area (Å²) in [7, 11) is -3.80. The van der Waals surface area contributed by atoms with E-state index in [2.05, 4.69) is 15.0 Å². The van der Waals surface area contributed by atoms with Crippen LogP contribution in [0.4, 0.5) is 11.6 Å². The van der Waals surface area contributed by atoms with Crippen LogP contribution in [0.25, 0.3) is 11.0 Å². The molecular weight excluding hydrogens is 456 g/mol. The van der Waals surface area contributed by atoms with E-state index in [-0.39, 0.29) is 27.7 Å². The number of hydrogen-bond acceptors (Lipinski definition) is 5. The average molecular weight is 479 g/mol. The maximum absolute atomic E-state index is 13.0. The highest BCUT2D eigenvalue weighted by Gasteiger charge is 2.18. The van der Waals surface area contributed by atoms with Crippen LogP contribution in [0.3, 0.4) is 0 Å². The third-order valence-corrected chi connectivity index (χ3v) is 6.50. The molecule has 34 heavy (non-hydrogen) atoms. The molecule has 10 heteroatoms. The van der Waals surface area contributed by atoms with E-state index in [0.29, 0.717) is 17.6 Å². The van der Waals surface area contributed by atoms with Crippen molar-refractivity contribution < 1.29 is 23.1 Å². The molecule has 0 aliphatic rings. The van der Waals surface area contributed by atoms with E-state index in [1.165, 1.54) is 30.3 Å². The number of anilines is 2. The van der Waals surface area contributed by atoms with Crippen LogP contribution in [0.2, 0.25) is 0 Å². The maximum Gasteiger partial charge on any atom is 0.335 e. The predicted octanol–water partition coefficient (Wildman–Crippen LogP) is 4.20. The first kappa shape index (κ1) is 23.0. The Hall–Kier alpha value is -4.18. The van der Waals surface area contributed by atoms with E-state index in [0.717, 1.165) is 6.42 Å². The largest absolute Gasteiger partial charge is 0.478 e. The molecule has 1 heterocycles. The van der Waals surface area contributed by atoms with Crippen LogP contribution < -0.4 is 10.0 Å². The molecule has 0 saturated carbocycles. The van der Waals surface area contributed by atoms with Crippen LogP contribution in [0.1, 0.15) is 34.1 Å². The van der Waals surface area contributed by atoms with E-state index in [1.807, 2.05) is 6.92 Å². The van der Waals surface area contributed by atoms with Crippen molar-refractivity contribution in [1.82, 2.24) is 9.55 Å². The van der Waals surface area contributed by atoms with Crippen molar-refractivity contribution in [3.05, 3.63) is 83.9 Å². The Labute approximate surface area is 196 Å². The summed E-state index contributed by atoms with van der Waals surface area (Å²) in [5.41, 5.74) is 1.73. The lowest BCUT2D eigenvalue weighted by Crippen LogP contribution is -2.17. The highest BCUT2D eigenvalue weighted by atomic mass is 32.2. The minimum atomic E-state index is -3.80. The van der Waals surface area contributed by atoms with E-state index < -0.39 is 21.9 Å². The number of carboxylic acid groups (broad SMARTS) is 1. The number of amides is 1. The number of carbonyl (C=O) groups is 2. The van der Waals surface area contributed by atoms with Gasteiger partial charge in [-0.1, -0.05) is 31.2 Å². The SMILES string of the molecule is CCCn1c(NC(=O)c2cccc(NS(=O)(=O)c3ccccc3)c2)nc2cc(C(=O)O)ccc21. The van der Waals surface area contributed by atoms with E-state index in [4.69, 9.17) is 0 Å². The molecule has 9 nitrogen and oxygen atoms in total. The Bertz CT molecular complexity index is 1480. The van der Waals surface area contributed by atoms with Gasteiger partial charge in [0.15, 0.2) is 0 Å². The van der Waals surface area contributed by atoms with Crippen molar-refractivity contribution in [2.75, 3.05) is 10.0 Å². The van der Waals surface area contributed by atoms with Crippen molar-refractivity contribution in [3.63, 3.8) is 0 Å². The molecule has 0 aliphatic heterocycles. The maximum atomic E-state index is 13.0. The van der Waals surface area contributed by atoms with Crippen molar-refractivity contribution >= 4 is 44.6 Å². The van der Waals surface area contributed by atoms with Gasteiger partial charge in [0.05, 0.1) is 21.5 Å². The van der Waals surface area contributed by atoms with Crippen molar-refractivity contribution in [3.8, 4) is 0 Å². The van der Waals surface area contributed by atoms with Gasteiger partial charge in [-0.25, -0.2) is 18.2 Å². The third-order valence-electron chi connectivity index (χ3n) is 5.10. The summed E-state index contributed by atoms with van der Waals surface area (Å²) in [5.74, 6) is -1.26. The number of aromatic carboxylic acids is 1. The number of nitrogens with zero attached hydrogens (tertiary/aromatic N) is 2. The number of aromatic nitrogens is 2. The molecule has 0 unspecified atom stereocenters. The molecule has 0 saturated heterocycles. The third kappa shape index (κ3) is 4.76. The number of sulfonamides is 1. The number of benzene rings is 3. The van der Waals surface area contributed by atoms with Gasteiger partial charge < -0.3 is 9.67 Å². The van der Waals surface area contributed by atoms with Gasteiger partial charge in [-0.15, -0.1) is 0 Å². The van der Waals surface area contributed by atoms with Crippen molar-refractivity contribution in [2.45, 2.75) is 24.8 Å². The highest BCUT2D eigenvalue weighted by molar-refractivity contribution is 7.92. The fourth-order valence-electron chi connectivity index (χ4n) is 3.52. The number of carboxylic acids is 1. The van der Waals surface area contributed by atoms with Crippen molar-refractivity contribution in [1.29, 1.82) is 0 Å². The Morgan fingerprint density at radius 3 is 2.44 bits per heavy atom. The molecule has 0 bridgehead atoms. The number of rotatable bonds is 8. The molecule has 3 N–H and O–H groups in total. The molecule has 4 aromatic rings.